The van der Waals surface area contributed by atoms with Crippen molar-refractivity contribution in [3.05, 3.63) is 23.3 Å². The first kappa shape index (κ1) is 14.1. The smallest absolute Gasteiger partial charge is 0.0727 e. The molecule has 0 amide bonds. The van der Waals surface area contributed by atoms with E-state index in [-0.39, 0.29) is 6.10 Å². The van der Waals surface area contributed by atoms with E-state index in [1.807, 2.05) is 0 Å². The Morgan fingerprint density at radius 2 is 1.81 bits per heavy atom. The normalized spacial score (nSPS) is 52.4. The second kappa shape index (κ2) is 4.47. The highest BCUT2D eigenvalue weighted by Crippen LogP contribution is 2.64. The number of hydrogen-bond donors (Lipinski definition) is 1. The van der Waals surface area contributed by atoms with Crippen LogP contribution in [0.4, 0.5) is 0 Å². The third kappa shape index (κ3) is 1.86. The lowest BCUT2D eigenvalue weighted by atomic mass is 9.48. The minimum Gasteiger partial charge on any atom is -0.389 e. The molecule has 0 aromatic carbocycles. The number of rotatable bonds is 0. The molecule has 4 aliphatic rings. The van der Waals surface area contributed by atoms with Crippen LogP contribution in [0.1, 0.15) is 65.7 Å². The Bertz CT molecular complexity index is 516. The number of aliphatic hydroxyl groups excluding tert-OH is 1. The highest BCUT2D eigenvalue weighted by Gasteiger charge is 2.55. The second-order valence-electron chi connectivity index (χ2n) is 8.83. The van der Waals surface area contributed by atoms with Crippen molar-refractivity contribution >= 4 is 0 Å². The number of fused-ring (bicyclic) bond motifs is 5. The van der Waals surface area contributed by atoms with E-state index in [9.17, 15) is 5.11 Å². The third-order valence-corrected chi connectivity index (χ3v) is 7.73. The molecule has 0 aromatic heterocycles. The van der Waals surface area contributed by atoms with Gasteiger partial charge in [0.2, 0.25) is 0 Å². The van der Waals surface area contributed by atoms with Gasteiger partial charge in [-0.3, -0.25) is 0 Å². The SMILES string of the molecule is CC1=CC2C3CCC[C@@]3(C)CCC2[C@@]2(C)CCC(O)C=C12. The van der Waals surface area contributed by atoms with Crippen molar-refractivity contribution in [1.82, 2.24) is 0 Å². The quantitative estimate of drug-likeness (QED) is 0.674. The first-order valence-electron chi connectivity index (χ1n) is 9.03. The van der Waals surface area contributed by atoms with Gasteiger partial charge in [0, 0.05) is 0 Å². The lowest BCUT2D eigenvalue weighted by Gasteiger charge is -2.56. The van der Waals surface area contributed by atoms with Gasteiger partial charge in [0.25, 0.3) is 0 Å². The van der Waals surface area contributed by atoms with Crippen LogP contribution in [0.5, 0.6) is 0 Å². The maximum atomic E-state index is 10.1. The lowest BCUT2D eigenvalue weighted by Crippen LogP contribution is -2.48. The van der Waals surface area contributed by atoms with Crippen LogP contribution in [-0.4, -0.2) is 11.2 Å². The highest BCUT2D eigenvalue weighted by molar-refractivity contribution is 5.42. The van der Waals surface area contributed by atoms with Gasteiger partial charge in [0.05, 0.1) is 6.10 Å². The lowest BCUT2D eigenvalue weighted by molar-refractivity contribution is -0.00283. The molecule has 1 nitrogen and oxygen atoms in total. The molecule has 0 aromatic rings. The number of hydrogen-bond acceptors (Lipinski definition) is 1. The highest BCUT2D eigenvalue weighted by atomic mass is 16.3. The van der Waals surface area contributed by atoms with Crippen molar-refractivity contribution in [2.24, 2.45) is 28.6 Å². The largest absolute Gasteiger partial charge is 0.389 e. The average molecular weight is 286 g/mol. The van der Waals surface area contributed by atoms with Crippen LogP contribution < -0.4 is 0 Å². The molecule has 0 bridgehead atoms. The summed E-state index contributed by atoms with van der Waals surface area (Å²) >= 11 is 0. The fourth-order valence-corrected chi connectivity index (χ4v) is 6.55. The van der Waals surface area contributed by atoms with Gasteiger partial charge in [0.15, 0.2) is 0 Å². The summed E-state index contributed by atoms with van der Waals surface area (Å²) in [6, 6.07) is 0. The predicted octanol–water partition coefficient (Wildman–Crippen LogP) is 4.87. The van der Waals surface area contributed by atoms with Crippen molar-refractivity contribution < 1.29 is 5.11 Å². The van der Waals surface area contributed by atoms with E-state index in [4.69, 9.17) is 0 Å². The van der Waals surface area contributed by atoms with E-state index in [1.165, 1.54) is 49.7 Å². The van der Waals surface area contributed by atoms with Gasteiger partial charge >= 0.3 is 0 Å². The van der Waals surface area contributed by atoms with Gasteiger partial charge in [-0.1, -0.05) is 38.0 Å². The van der Waals surface area contributed by atoms with Crippen LogP contribution in [0.3, 0.4) is 0 Å². The minimum atomic E-state index is -0.215. The maximum Gasteiger partial charge on any atom is 0.0727 e. The second-order valence-corrected chi connectivity index (χ2v) is 8.83. The molecule has 2 fully saturated rings. The van der Waals surface area contributed by atoms with E-state index < -0.39 is 0 Å². The summed E-state index contributed by atoms with van der Waals surface area (Å²) in [5.41, 5.74) is 3.88. The van der Waals surface area contributed by atoms with Crippen LogP contribution in [0.25, 0.3) is 0 Å². The third-order valence-electron chi connectivity index (χ3n) is 7.73. The van der Waals surface area contributed by atoms with Crippen molar-refractivity contribution in [2.45, 2.75) is 71.8 Å². The van der Waals surface area contributed by atoms with E-state index in [0.717, 1.165) is 24.2 Å². The molecule has 4 aliphatic carbocycles. The average Bonchev–Trinajstić information content (AvgIpc) is 2.83. The Hall–Kier alpha value is -0.560. The van der Waals surface area contributed by atoms with Crippen molar-refractivity contribution in [2.75, 3.05) is 0 Å². The van der Waals surface area contributed by atoms with E-state index in [0.29, 0.717) is 10.8 Å². The predicted molar refractivity (Wildman–Crippen MR) is 86.8 cm³/mol. The van der Waals surface area contributed by atoms with E-state index in [1.54, 1.807) is 0 Å². The summed E-state index contributed by atoms with van der Waals surface area (Å²) in [6.07, 6.45) is 13.8. The van der Waals surface area contributed by atoms with Gasteiger partial charge < -0.3 is 5.11 Å². The van der Waals surface area contributed by atoms with Crippen LogP contribution >= 0.6 is 0 Å². The molecule has 1 heteroatoms. The zero-order valence-corrected chi connectivity index (χ0v) is 13.9. The Morgan fingerprint density at radius 1 is 1.00 bits per heavy atom. The first-order valence-corrected chi connectivity index (χ1v) is 9.03. The Kier molecular flexibility index (Phi) is 2.99. The molecule has 116 valence electrons. The van der Waals surface area contributed by atoms with Gasteiger partial charge in [-0.15, -0.1) is 0 Å². The fraction of sp³-hybridized carbons (Fsp3) is 0.800. The Balaban J connectivity index is 1.79. The molecule has 0 radical (unpaired) electrons. The van der Waals surface area contributed by atoms with Crippen LogP contribution in [-0.2, 0) is 0 Å². The van der Waals surface area contributed by atoms with Gasteiger partial charge in [-0.2, -0.15) is 0 Å². The van der Waals surface area contributed by atoms with Crippen molar-refractivity contribution in [3.8, 4) is 0 Å². The van der Waals surface area contributed by atoms with Crippen LogP contribution in [0.15, 0.2) is 23.3 Å². The molecular formula is C20H30O. The Morgan fingerprint density at radius 3 is 2.62 bits per heavy atom. The molecule has 1 N–H and O–H groups in total. The molecular weight excluding hydrogens is 256 g/mol. The van der Waals surface area contributed by atoms with Gasteiger partial charge in [0.1, 0.15) is 0 Å². The monoisotopic (exact) mass is 286 g/mol. The number of aliphatic hydroxyl groups is 1. The summed E-state index contributed by atoms with van der Waals surface area (Å²) in [5, 5.41) is 10.1. The van der Waals surface area contributed by atoms with Gasteiger partial charge in [-0.05, 0) is 79.6 Å². The topological polar surface area (TPSA) is 20.2 Å². The minimum absolute atomic E-state index is 0.215. The molecule has 6 atom stereocenters. The summed E-state index contributed by atoms with van der Waals surface area (Å²) in [6.45, 7) is 7.35. The maximum absolute atomic E-state index is 10.1. The zero-order valence-electron chi connectivity index (χ0n) is 13.9. The Labute approximate surface area is 129 Å². The molecule has 21 heavy (non-hydrogen) atoms. The molecule has 0 spiro atoms. The molecule has 4 rings (SSSR count). The first-order chi connectivity index (χ1) is 9.94. The van der Waals surface area contributed by atoms with Crippen molar-refractivity contribution in [1.29, 1.82) is 0 Å². The van der Waals surface area contributed by atoms with Gasteiger partial charge in [-0.25, -0.2) is 0 Å². The molecule has 0 heterocycles. The standard InChI is InChI=1S/C20H30O/c1-13-11-15-16-5-4-8-19(16,2)9-7-17(15)20(3)10-6-14(21)12-18(13)20/h11-12,14-17,21H,4-10H2,1-3H3/t14?,15?,16?,17?,19-,20+/m0/s1. The molecule has 2 saturated carbocycles. The molecule has 4 unspecified atom stereocenters. The van der Waals surface area contributed by atoms with E-state index >= 15 is 0 Å². The zero-order chi connectivity index (χ0) is 14.8. The van der Waals surface area contributed by atoms with Crippen LogP contribution in [0.2, 0.25) is 0 Å². The van der Waals surface area contributed by atoms with Crippen molar-refractivity contribution in [3.63, 3.8) is 0 Å². The summed E-state index contributed by atoms with van der Waals surface area (Å²) in [7, 11) is 0. The molecule has 0 aliphatic heterocycles. The van der Waals surface area contributed by atoms with E-state index in [2.05, 4.69) is 32.9 Å². The summed E-state index contributed by atoms with van der Waals surface area (Å²) in [4.78, 5) is 0. The summed E-state index contributed by atoms with van der Waals surface area (Å²) in [5.74, 6) is 2.52. The summed E-state index contributed by atoms with van der Waals surface area (Å²) < 4.78 is 0. The number of allylic oxidation sites excluding steroid dienone is 3. The van der Waals surface area contributed by atoms with Crippen LogP contribution in [0, 0.1) is 28.6 Å². The molecule has 0 saturated heterocycles. The fourth-order valence-electron chi connectivity index (χ4n) is 6.55.